The Kier molecular flexibility index (Phi) is 4.98. The number of rotatable bonds is 4. The van der Waals surface area contributed by atoms with Crippen LogP contribution in [0.25, 0.3) is 0 Å². The topological polar surface area (TPSA) is 45.5 Å². The van der Waals surface area contributed by atoms with Gasteiger partial charge in [0, 0.05) is 25.0 Å². The maximum Gasteiger partial charge on any atom is 0.337 e. The highest BCUT2D eigenvalue weighted by atomic mass is 16.4. The molecule has 1 aromatic heterocycles. The van der Waals surface area contributed by atoms with Crippen LogP contribution < -0.4 is 0 Å². The summed E-state index contributed by atoms with van der Waals surface area (Å²) in [4.78, 5) is 13.6. The van der Waals surface area contributed by atoms with E-state index < -0.39 is 5.97 Å². The third-order valence-electron chi connectivity index (χ3n) is 5.06. The van der Waals surface area contributed by atoms with Gasteiger partial charge in [-0.3, -0.25) is 4.90 Å². The molecule has 4 heteroatoms. The zero-order valence-electron chi connectivity index (χ0n) is 13.2. The molecule has 1 aromatic rings. The Balaban J connectivity index is 1.49. The fourth-order valence-electron chi connectivity index (χ4n) is 3.72. The second-order valence-electron chi connectivity index (χ2n) is 6.66. The fraction of sp³-hybridized carbons (Fsp3) is 0.611. The normalized spacial score (nSPS) is 24.3. The number of allylic oxidation sites excluding steroid dienone is 1. The summed E-state index contributed by atoms with van der Waals surface area (Å²) in [5, 5.41) is 8.98. The first kappa shape index (κ1) is 15.3. The number of carbonyl (C=O) groups is 1. The minimum absolute atomic E-state index is 0.390. The molecule has 0 saturated carbocycles. The van der Waals surface area contributed by atoms with E-state index in [4.69, 9.17) is 5.11 Å². The largest absolute Gasteiger partial charge is 0.478 e. The molecule has 0 amide bonds. The summed E-state index contributed by atoms with van der Waals surface area (Å²) in [7, 11) is 0. The summed E-state index contributed by atoms with van der Waals surface area (Å²) in [5.41, 5.74) is 0.390. The molecule has 22 heavy (non-hydrogen) atoms. The van der Waals surface area contributed by atoms with Gasteiger partial charge in [-0.1, -0.05) is 18.6 Å². The molecule has 4 nitrogen and oxygen atoms in total. The number of nitrogens with zero attached hydrogens (tertiary/aromatic N) is 2. The molecule has 0 unspecified atom stereocenters. The lowest BCUT2D eigenvalue weighted by Gasteiger charge is -2.36. The Morgan fingerprint density at radius 2 is 2.05 bits per heavy atom. The van der Waals surface area contributed by atoms with E-state index in [1.54, 1.807) is 12.3 Å². The standard InChI is InChI=1S/C18H26N2O2/c21-18(22)16-9-10-19(14-16)13-15-7-11-20(12-8-15)17-5-3-1-2-4-6-17/h3,5,9-10,14-15,17H,1-2,4,6-8,11-13H2,(H,21,22)/t17-/m1/s1. The summed E-state index contributed by atoms with van der Waals surface area (Å²) in [6.45, 7) is 3.29. The average Bonchev–Trinajstić information content (AvgIpc) is 2.82. The second kappa shape index (κ2) is 7.14. The Bertz CT molecular complexity index is 527. The van der Waals surface area contributed by atoms with Crippen LogP contribution in [0.2, 0.25) is 0 Å². The molecule has 2 heterocycles. The number of piperidine rings is 1. The Hall–Kier alpha value is -1.55. The predicted molar refractivity (Wildman–Crippen MR) is 87.1 cm³/mol. The Labute approximate surface area is 132 Å². The molecule has 120 valence electrons. The summed E-state index contributed by atoms with van der Waals surface area (Å²) in [6.07, 6.45) is 16.1. The number of hydrogen-bond donors (Lipinski definition) is 1. The lowest BCUT2D eigenvalue weighted by Crippen LogP contribution is -2.41. The monoisotopic (exact) mass is 302 g/mol. The van der Waals surface area contributed by atoms with Crippen LogP contribution in [0, 0.1) is 5.92 Å². The van der Waals surface area contributed by atoms with Crippen molar-refractivity contribution in [1.29, 1.82) is 0 Å². The van der Waals surface area contributed by atoms with Crippen molar-refractivity contribution in [1.82, 2.24) is 9.47 Å². The summed E-state index contributed by atoms with van der Waals surface area (Å²) in [5.74, 6) is -0.172. The van der Waals surface area contributed by atoms with E-state index in [0.29, 0.717) is 17.5 Å². The maximum absolute atomic E-state index is 10.9. The molecular weight excluding hydrogens is 276 g/mol. The van der Waals surface area contributed by atoms with E-state index in [9.17, 15) is 4.79 Å². The molecule has 0 bridgehead atoms. The van der Waals surface area contributed by atoms with E-state index in [0.717, 1.165) is 6.54 Å². The molecule has 1 fully saturated rings. The van der Waals surface area contributed by atoms with Gasteiger partial charge in [0.1, 0.15) is 0 Å². The minimum Gasteiger partial charge on any atom is -0.478 e. The zero-order valence-corrected chi connectivity index (χ0v) is 13.2. The first-order chi connectivity index (χ1) is 10.7. The maximum atomic E-state index is 10.9. The van der Waals surface area contributed by atoms with E-state index >= 15 is 0 Å². The van der Waals surface area contributed by atoms with Crippen molar-refractivity contribution >= 4 is 5.97 Å². The molecule has 0 radical (unpaired) electrons. The van der Waals surface area contributed by atoms with Crippen molar-refractivity contribution in [2.75, 3.05) is 13.1 Å². The number of carboxylic acid groups (broad SMARTS) is 1. The quantitative estimate of drug-likeness (QED) is 0.867. The molecule has 3 rings (SSSR count). The van der Waals surface area contributed by atoms with Crippen LogP contribution in [-0.2, 0) is 6.54 Å². The number of likely N-dealkylation sites (tertiary alicyclic amines) is 1. The highest BCUT2D eigenvalue weighted by molar-refractivity contribution is 5.87. The van der Waals surface area contributed by atoms with Crippen LogP contribution in [0.3, 0.4) is 0 Å². The average molecular weight is 302 g/mol. The second-order valence-corrected chi connectivity index (χ2v) is 6.66. The van der Waals surface area contributed by atoms with Gasteiger partial charge >= 0.3 is 5.97 Å². The Morgan fingerprint density at radius 1 is 1.23 bits per heavy atom. The molecule has 1 atom stereocenters. The van der Waals surface area contributed by atoms with Gasteiger partial charge in [0.05, 0.1) is 5.56 Å². The van der Waals surface area contributed by atoms with Gasteiger partial charge in [-0.05, 0) is 57.2 Å². The van der Waals surface area contributed by atoms with Crippen molar-refractivity contribution in [3.63, 3.8) is 0 Å². The van der Waals surface area contributed by atoms with Gasteiger partial charge in [-0.25, -0.2) is 4.79 Å². The molecule has 1 N–H and O–H groups in total. The van der Waals surface area contributed by atoms with E-state index in [1.807, 2.05) is 10.8 Å². The first-order valence-electron chi connectivity index (χ1n) is 8.52. The Morgan fingerprint density at radius 3 is 2.77 bits per heavy atom. The third kappa shape index (κ3) is 3.80. The van der Waals surface area contributed by atoms with Crippen LogP contribution >= 0.6 is 0 Å². The third-order valence-corrected chi connectivity index (χ3v) is 5.06. The molecule has 0 spiro atoms. The SMILES string of the molecule is O=C(O)c1ccn(CC2CCN([C@@H]3C=CCCCC3)CC2)c1. The van der Waals surface area contributed by atoms with Crippen LogP contribution in [0.15, 0.2) is 30.6 Å². The fourth-order valence-corrected chi connectivity index (χ4v) is 3.72. The van der Waals surface area contributed by atoms with Crippen molar-refractivity contribution < 1.29 is 9.90 Å². The van der Waals surface area contributed by atoms with Crippen molar-refractivity contribution in [3.05, 3.63) is 36.2 Å². The number of aromatic nitrogens is 1. The highest BCUT2D eigenvalue weighted by Gasteiger charge is 2.24. The molecule has 1 aliphatic heterocycles. The number of hydrogen-bond acceptors (Lipinski definition) is 2. The van der Waals surface area contributed by atoms with Gasteiger partial charge in [0.15, 0.2) is 0 Å². The predicted octanol–water partition coefficient (Wildman–Crippen LogP) is 3.40. The summed E-state index contributed by atoms with van der Waals surface area (Å²) >= 11 is 0. The minimum atomic E-state index is -0.839. The van der Waals surface area contributed by atoms with Gasteiger partial charge < -0.3 is 9.67 Å². The van der Waals surface area contributed by atoms with Crippen molar-refractivity contribution in [2.24, 2.45) is 5.92 Å². The molecule has 2 aliphatic rings. The lowest BCUT2D eigenvalue weighted by atomic mass is 9.95. The number of aromatic carboxylic acids is 1. The van der Waals surface area contributed by atoms with Crippen molar-refractivity contribution in [2.45, 2.75) is 51.1 Å². The van der Waals surface area contributed by atoms with E-state index in [-0.39, 0.29) is 0 Å². The van der Waals surface area contributed by atoms with E-state index in [1.165, 1.54) is 51.6 Å². The first-order valence-corrected chi connectivity index (χ1v) is 8.52. The molecule has 0 aromatic carbocycles. The van der Waals surface area contributed by atoms with Crippen LogP contribution in [0.1, 0.15) is 48.9 Å². The summed E-state index contributed by atoms with van der Waals surface area (Å²) < 4.78 is 2.04. The van der Waals surface area contributed by atoms with Gasteiger partial charge in [0.2, 0.25) is 0 Å². The number of carboxylic acids is 1. The van der Waals surface area contributed by atoms with Crippen molar-refractivity contribution in [3.8, 4) is 0 Å². The molecular formula is C18H26N2O2. The van der Waals surface area contributed by atoms with E-state index in [2.05, 4.69) is 17.1 Å². The zero-order chi connectivity index (χ0) is 15.4. The van der Waals surface area contributed by atoms with Gasteiger partial charge in [-0.15, -0.1) is 0 Å². The van der Waals surface area contributed by atoms with Crippen LogP contribution in [0.5, 0.6) is 0 Å². The summed E-state index contributed by atoms with van der Waals surface area (Å²) in [6, 6.07) is 2.34. The highest BCUT2D eigenvalue weighted by Crippen LogP contribution is 2.24. The van der Waals surface area contributed by atoms with Gasteiger partial charge in [0.25, 0.3) is 0 Å². The van der Waals surface area contributed by atoms with Gasteiger partial charge in [-0.2, -0.15) is 0 Å². The van der Waals surface area contributed by atoms with Crippen LogP contribution in [0.4, 0.5) is 0 Å². The lowest BCUT2D eigenvalue weighted by molar-refractivity contribution is 0.0696. The van der Waals surface area contributed by atoms with Crippen LogP contribution in [-0.4, -0.2) is 39.7 Å². The smallest absolute Gasteiger partial charge is 0.337 e. The molecule has 1 saturated heterocycles. The molecule has 1 aliphatic carbocycles.